The zero-order valence-corrected chi connectivity index (χ0v) is 14.0. The summed E-state index contributed by atoms with van der Waals surface area (Å²) in [5.41, 5.74) is 1.13. The van der Waals surface area contributed by atoms with Crippen LogP contribution in [0.15, 0.2) is 26.1 Å². The summed E-state index contributed by atoms with van der Waals surface area (Å²) in [6.45, 7) is 5.31. The molecule has 0 unspecified atom stereocenters. The van der Waals surface area contributed by atoms with Gasteiger partial charge in [0.25, 0.3) is 11.5 Å². The summed E-state index contributed by atoms with van der Waals surface area (Å²) in [6.07, 6.45) is 3.14. The fraction of sp³-hybridized carbons (Fsp3) is 0.389. The minimum Gasteiger partial charge on any atom is -0.427 e. The monoisotopic (exact) mass is 328 g/mol. The molecule has 2 heterocycles. The van der Waals surface area contributed by atoms with Crippen molar-refractivity contribution in [1.29, 1.82) is 0 Å². The van der Waals surface area contributed by atoms with Crippen LogP contribution in [0.25, 0.3) is 0 Å². The van der Waals surface area contributed by atoms with Gasteiger partial charge < -0.3 is 14.7 Å². The van der Waals surface area contributed by atoms with E-state index in [1.54, 1.807) is 26.0 Å². The van der Waals surface area contributed by atoms with E-state index < -0.39 is 17.1 Å². The second kappa shape index (κ2) is 6.11. The highest BCUT2D eigenvalue weighted by Crippen LogP contribution is 2.36. The number of H-pyrrole nitrogens is 1. The third-order valence-electron chi connectivity index (χ3n) is 4.65. The molecule has 1 saturated carbocycles. The second-order valence-electron chi connectivity index (χ2n) is 6.40. The second-order valence-corrected chi connectivity index (χ2v) is 6.40. The molecule has 0 radical (unpaired) electrons. The van der Waals surface area contributed by atoms with Crippen molar-refractivity contribution >= 4 is 11.6 Å². The molecule has 3 rings (SSSR count). The molecule has 126 valence electrons. The van der Waals surface area contributed by atoms with Crippen molar-refractivity contribution in [3.05, 3.63) is 61.1 Å². The zero-order valence-electron chi connectivity index (χ0n) is 14.0. The summed E-state index contributed by atoms with van der Waals surface area (Å²) in [6, 6.07) is 3.34. The quantitative estimate of drug-likeness (QED) is 0.906. The molecule has 1 amide bonds. The number of anilines is 1. The molecular formula is C18H20N2O4. The summed E-state index contributed by atoms with van der Waals surface area (Å²) >= 11 is 0. The normalized spacial score (nSPS) is 14.3. The van der Waals surface area contributed by atoms with Gasteiger partial charge in [-0.3, -0.25) is 9.59 Å². The molecule has 6 nitrogen and oxygen atoms in total. The molecule has 1 aliphatic rings. The number of hydrogen-bond acceptors (Lipinski definition) is 4. The number of hydrogen-bond donors (Lipinski definition) is 2. The Hall–Kier alpha value is -2.63. The molecule has 0 saturated heterocycles. The van der Waals surface area contributed by atoms with Gasteiger partial charge in [0.1, 0.15) is 17.0 Å². The third-order valence-corrected chi connectivity index (χ3v) is 4.65. The molecule has 2 N–H and O–H groups in total. The number of carbonyl (C=O) groups excluding carboxylic acids is 1. The standard InChI is InChI=1S/C18H20N2O4/c1-9-7-13(16(21)19-11(9)3)20-17(22)15-10(2)8-14(24-18(15)23)12-5-4-6-12/h7-8,12H,4-6H2,1-3H3,(H,19,21)(H,20,22). The Labute approximate surface area is 138 Å². The first-order valence-corrected chi connectivity index (χ1v) is 8.03. The number of rotatable bonds is 3. The molecule has 24 heavy (non-hydrogen) atoms. The summed E-state index contributed by atoms with van der Waals surface area (Å²) in [5, 5.41) is 2.51. The lowest BCUT2D eigenvalue weighted by atomic mass is 9.83. The summed E-state index contributed by atoms with van der Waals surface area (Å²) in [7, 11) is 0. The lowest BCUT2D eigenvalue weighted by Gasteiger charge is -2.24. The number of aromatic amines is 1. The van der Waals surface area contributed by atoms with Crippen LogP contribution >= 0.6 is 0 Å². The number of carbonyl (C=O) groups is 1. The van der Waals surface area contributed by atoms with E-state index in [0.717, 1.165) is 30.5 Å². The van der Waals surface area contributed by atoms with Gasteiger partial charge in [0, 0.05) is 11.6 Å². The highest BCUT2D eigenvalue weighted by atomic mass is 16.4. The number of pyridine rings is 1. The summed E-state index contributed by atoms with van der Waals surface area (Å²) < 4.78 is 5.32. The molecule has 2 aromatic heterocycles. The van der Waals surface area contributed by atoms with Gasteiger partial charge in [-0.1, -0.05) is 6.42 Å². The molecule has 0 aromatic carbocycles. The zero-order chi connectivity index (χ0) is 17.4. The lowest BCUT2D eigenvalue weighted by molar-refractivity contribution is 0.102. The highest BCUT2D eigenvalue weighted by molar-refractivity contribution is 6.04. The predicted molar refractivity (Wildman–Crippen MR) is 90.8 cm³/mol. The maximum Gasteiger partial charge on any atom is 0.349 e. The molecule has 0 atom stereocenters. The topological polar surface area (TPSA) is 92.2 Å². The van der Waals surface area contributed by atoms with Crippen molar-refractivity contribution in [3.8, 4) is 0 Å². The maximum absolute atomic E-state index is 12.4. The smallest absolute Gasteiger partial charge is 0.349 e. The first-order valence-electron chi connectivity index (χ1n) is 8.03. The molecule has 6 heteroatoms. The van der Waals surface area contributed by atoms with Crippen LogP contribution in [0.1, 0.15) is 58.1 Å². The van der Waals surface area contributed by atoms with E-state index in [1.165, 1.54) is 0 Å². The van der Waals surface area contributed by atoms with Crippen LogP contribution in [0.2, 0.25) is 0 Å². The van der Waals surface area contributed by atoms with E-state index in [-0.39, 0.29) is 17.2 Å². The van der Waals surface area contributed by atoms with Gasteiger partial charge in [-0.15, -0.1) is 0 Å². The average Bonchev–Trinajstić information content (AvgIpc) is 2.42. The van der Waals surface area contributed by atoms with Crippen LogP contribution in [0, 0.1) is 20.8 Å². The molecule has 2 aromatic rings. The summed E-state index contributed by atoms with van der Waals surface area (Å²) in [5.74, 6) is 0.288. The van der Waals surface area contributed by atoms with Crippen molar-refractivity contribution in [3.63, 3.8) is 0 Å². The number of aryl methyl sites for hydroxylation is 3. The SMILES string of the molecule is Cc1cc(NC(=O)c2c(C)cc(C3CCC3)oc2=O)c(=O)[nH]c1C. The van der Waals surface area contributed by atoms with Crippen LogP contribution < -0.4 is 16.5 Å². The first kappa shape index (κ1) is 16.2. The van der Waals surface area contributed by atoms with Crippen molar-refractivity contribution in [2.45, 2.75) is 46.0 Å². The first-order chi connectivity index (χ1) is 11.4. The van der Waals surface area contributed by atoms with Gasteiger partial charge in [-0.2, -0.15) is 0 Å². The Bertz CT molecular complexity index is 920. The minimum atomic E-state index is -0.658. The predicted octanol–water partition coefficient (Wildman–Crippen LogP) is 2.77. The van der Waals surface area contributed by atoms with Gasteiger partial charge in [0.15, 0.2) is 0 Å². The molecule has 0 spiro atoms. The Kier molecular flexibility index (Phi) is 4.13. The Balaban J connectivity index is 1.92. The van der Waals surface area contributed by atoms with E-state index in [0.29, 0.717) is 11.3 Å². The minimum absolute atomic E-state index is 0.0595. The molecular weight excluding hydrogens is 308 g/mol. The maximum atomic E-state index is 12.4. The van der Waals surface area contributed by atoms with E-state index in [9.17, 15) is 14.4 Å². The van der Waals surface area contributed by atoms with Gasteiger partial charge in [-0.25, -0.2) is 4.79 Å². The fourth-order valence-electron chi connectivity index (χ4n) is 2.80. The number of nitrogens with one attached hydrogen (secondary N) is 2. The molecule has 0 bridgehead atoms. The highest BCUT2D eigenvalue weighted by Gasteiger charge is 2.25. The van der Waals surface area contributed by atoms with Crippen LogP contribution in [0.4, 0.5) is 5.69 Å². The van der Waals surface area contributed by atoms with Crippen LogP contribution in [0.5, 0.6) is 0 Å². The largest absolute Gasteiger partial charge is 0.427 e. The van der Waals surface area contributed by atoms with Crippen LogP contribution in [0.3, 0.4) is 0 Å². The molecule has 0 aliphatic heterocycles. The fourth-order valence-corrected chi connectivity index (χ4v) is 2.80. The van der Waals surface area contributed by atoms with Crippen molar-refractivity contribution < 1.29 is 9.21 Å². The lowest BCUT2D eigenvalue weighted by Crippen LogP contribution is -2.27. The van der Waals surface area contributed by atoms with Gasteiger partial charge >= 0.3 is 5.63 Å². The van der Waals surface area contributed by atoms with E-state index in [1.807, 2.05) is 6.92 Å². The van der Waals surface area contributed by atoms with Crippen molar-refractivity contribution in [2.75, 3.05) is 5.32 Å². The number of aromatic nitrogens is 1. The Morgan fingerprint density at radius 2 is 1.88 bits per heavy atom. The van der Waals surface area contributed by atoms with Crippen molar-refractivity contribution in [2.24, 2.45) is 0 Å². The molecule has 1 aliphatic carbocycles. The van der Waals surface area contributed by atoms with Crippen LogP contribution in [-0.2, 0) is 0 Å². The van der Waals surface area contributed by atoms with Gasteiger partial charge in [0.2, 0.25) is 0 Å². The average molecular weight is 328 g/mol. The van der Waals surface area contributed by atoms with Gasteiger partial charge in [-0.05, 0) is 56.9 Å². The summed E-state index contributed by atoms with van der Waals surface area (Å²) in [4.78, 5) is 39.3. The molecule has 1 fully saturated rings. The third kappa shape index (κ3) is 2.91. The van der Waals surface area contributed by atoms with Crippen LogP contribution in [-0.4, -0.2) is 10.9 Å². The number of amides is 1. The Morgan fingerprint density at radius 1 is 1.17 bits per heavy atom. The van der Waals surface area contributed by atoms with E-state index in [2.05, 4.69) is 10.3 Å². The van der Waals surface area contributed by atoms with E-state index >= 15 is 0 Å². The Morgan fingerprint density at radius 3 is 2.46 bits per heavy atom. The van der Waals surface area contributed by atoms with Crippen molar-refractivity contribution in [1.82, 2.24) is 4.98 Å². The van der Waals surface area contributed by atoms with E-state index in [4.69, 9.17) is 4.42 Å². The van der Waals surface area contributed by atoms with Gasteiger partial charge in [0.05, 0.1) is 0 Å².